The standard InChI is InChI=1S/C17H19NO3S/c1-18(12-14-7-4-3-5-8-14)17(19)16-10-6-9-15(11-16)13-22(2,20)21/h3-11H,12-13H2,1-2H3. The lowest BCUT2D eigenvalue weighted by atomic mass is 10.1. The molecule has 0 N–H and O–H groups in total. The topological polar surface area (TPSA) is 54.5 Å². The molecule has 2 rings (SSSR count). The van der Waals surface area contributed by atoms with Crippen molar-refractivity contribution in [2.24, 2.45) is 0 Å². The maximum absolute atomic E-state index is 12.4. The van der Waals surface area contributed by atoms with Crippen LogP contribution in [-0.4, -0.2) is 32.5 Å². The van der Waals surface area contributed by atoms with Crippen molar-refractivity contribution in [3.8, 4) is 0 Å². The van der Waals surface area contributed by atoms with E-state index in [9.17, 15) is 13.2 Å². The second-order valence-corrected chi connectivity index (χ2v) is 7.56. The van der Waals surface area contributed by atoms with Crippen LogP contribution >= 0.6 is 0 Å². The average Bonchev–Trinajstić information content (AvgIpc) is 2.46. The summed E-state index contributed by atoms with van der Waals surface area (Å²) in [7, 11) is -1.38. The van der Waals surface area contributed by atoms with Crippen LogP contribution in [0.15, 0.2) is 54.6 Å². The molecule has 0 atom stereocenters. The zero-order chi connectivity index (χ0) is 16.2. The van der Waals surface area contributed by atoms with Crippen molar-refractivity contribution >= 4 is 15.7 Å². The van der Waals surface area contributed by atoms with Crippen molar-refractivity contribution in [1.29, 1.82) is 0 Å². The molecule has 0 aliphatic heterocycles. The molecule has 0 aromatic heterocycles. The number of carbonyl (C=O) groups is 1. The Kier molecular flexibility index (Phi) is 4.98. The van der Waals surface area contributed by atoms with Crippen LogP contribution in [0.3, 0.4) is 0 Å². The number of carbonyl (C=O) groups excluding carboxylic acids is 1. The molecule has 0 fully saturated rings. The molecule has 0 heterocycles. The van der Waals surface area contributed by atoms with Gasteiger partial charge in [-0.15, -0.1) is 0 Å². The number of hydrogen-bond acceptors (Lipinski definition) is 3. The number of sulfone groups is 1. The van der Waals surface area contributed by atoms with E-state index in [2.05, 4.69) is 0 Å². The second-order valence-electron chi connectivity index (χ2n) is 5.42. The van der Waals surface area contributed by atoms with Gasteiger partial charge in [0.05, 0.1) is 5.75 Å². The summed E-state index contributed by atoms with van der Waals surface area (Å²) in [6, 6.07) is 16.5. The van der Waals surface area contributed by atoms with E-state index in [1.807, 2.05) is 30.3 Å². The molecule has 5 heteroatoms. The normalized spacial score (nSPS) is 11.2. The third kappa shape index (κ3) is 4.70. The molecular formula is C17H19NO3S. The first kappa shape index (κ1) is 16.2. The first-order valence-corrected chi connectivity index (χ1v) is 8.97. The van der Waals surface area contributed by atoms with Crippen molar-refractivity contribution in [3.63, 3.8) is 0 Å². The second kappa shape index (κ2) is 6.75. The summed E-state index contributed by atoms with van der Waals surface area (Å²) in [5.41, 5.74) is 2.17. The third-order valence-corrected chi connectivity index (χ3v) is 4.07. The van der Waals surface area contributed by atoms with E-state index in [-0.39, 0.29) is 11.7 Å². The molecule has 4 nitrogen and oxygen atoms in total. The summed E-state index contributed by atoms with van der Waals surface area (Å²) in [6.07, 6.45) is 1.18. The highest BCUT2D eigenvalue weighted by Crippen LogP contribution is 2.12. The predicted octanol–water partition coefficient (Wildman–Crippen LogP) is 2.50. The first-order chi connectivity index (χ1) is 10.3. The SMILES string of the molecule is CN(Cc1ccccc1)C(=O)c1cccc(CS(C)(=O)=O)c1. The molecule has 0 bridgehead atoms. The van der Waals surface area contributed by atoms with Gasteiger partial charge in [0.1, 0.15) is 0 Å². The van der Waals surface area contributed by atoms with E-state index < -0.39 is 9.84 Å². The molecule has 22 heavy (non-hydrogen) atoms. The lowest BCUT2D eigenvalue weighted by Crippen LogP contribution is -2.26. The van der Waals surface area contributed by atoms with Crippen LogP contribution in [0, 0.1) is 0 Å². The zero-order valence-corrected chi connectivity index (χ0v) is 13.5. The average molecular weight is 317 g/mol. The molecule has 0 saturated carbocycles. The minimum atomic E-state index is -3.11. The van der Waals surface area contributed by atoms with Gasteiger partial charge in [0.2, 0.25) is 0 Å². The van der Waals surface area contributed by atoms with E-state index in [4.69, 9.17) is 0 Å². The summed E-state index contributed by atoms with van der Waals surface area (Å²) < 4.78 is 22.7. The molecule has 0 aliphatic rings. The minimum Gasteiger partial charge on any atom is -0.337 e. The summed E-state index contributed by atoms with van der Waals surface area (Å²) in [6.45, 7) is 0.510. The van der Waals surface area contributed by atoms with Crippen LogP contribution in [0.4, 0.5) is 0 Å². The van der Waals surface area contributed by atoms with Crippen molar-refractivity contribution in [2.75, 3.05) is 13.3 Å². The third-order valence-electron chi connectivity index (χ3n) is 3.21. The van der Waals surface area contributed by atoms with E-state index in [0.29, 0.717) is 17.7 Å². The Morgan fingerprint density at radius 1 is 1.00 bits per heavy atom. The van der Waals surface area contributed by atoms with E-state index in [1.54, 1.807) is 36.2 Å². The van der Waals surface area contributed by atoms with Gasteiger partial charge < -0.3 is 4.90 Å². The number of benzene rings is 2. The van der Waals surface area contributed by atoms with Crippen LogP contribution in [0.1, 0.15) is 21.5 Å². The van der Waals surface area contributed by atoms with Gasteiger partial charge >= 0.3 is 0 Å². The molecule has 116 valence electrons. The van der Waals surface area contributed by atoms with Gasteiger partial charge in [0.25, 0.3) is 5.91 Å². The van der Waals surface area contributed by atoms with Gasteiger partial charge in [-0.05, 0) is 23.3 Å². The molecule has 0 radical (unpaired) electrons. The van der Waals surface area contributed by atoms with Crippen molar-refractivity contribution in [1.82, 2.24) is 4.90 Å². The Morgan fingerprint density at radius 2 is 1.64 bits per heavy atom. The summed E-state index contributed by atoms with van der Waals surface area (Å²) in [5, 5.41) is 0. The fourth-order valence-electron chi connectivity index (χ4n) is 2.25. The monoisotopic (exact) mass is 317 g/mol. The zero-order valence-electron chi connectivity index (χ0n) is 12.7. The Morgan fingerprint density at radius 3 is 2.27 bits per heavy atom. The molecule has 2 aromatic carbocycles. The molecule has 0 saturated heterocycles. The minimum absolute atomic E-state index is 0.0590. The van der Waals surface area contributed by atoms with Crippen molar-refractivity contribution in [3.05, 3.63) is 71.3 Å². The maximum Gasteiger partial charge on any atom is 0.253 e. The molecule has 1 amide bonds. The molecule has 0 aliphatic carbocycles. The Balaban J connectivity index is 2.13. The molecule has 2 aromatic rings. The highest BCUT2D eigenvalue weighted by atomic mass is 32.2. The Bertz CT molecular complexity index is 754. The van der Waals surface area contributed by atoms with Gasteiger partial charge in [0, 0.05) is 25.4 Å². The maximum atomic E-state index is 12.4. The highest BCUT2D eigenvalue weighted by Gasteiger charge is 2.13. The van der Waals surface area contributed by atoms with Gasteiger partial charge in [-0.1, -0.05) is 42.5 Å². The van der Waals surface area contributed by atoms with Crippen LogP contribution in [0.5, 0.6) is 0 Å². The highest BCUT2D eigenvalue weighted by molar-refractivity contribution is 7.89. The van der Waals surface area contributed by atoms with Gasteiger partial charge in [0.15, 0.2) is 9.84 Å². The van der Waals surface area contributed by atoms with Crippen molar-refractivity contribution in [2.45, 2.75) is 12.3 Å². The Hall–Kier alpha value is -2.14. The fraction of sp³-hybridized carbons (Fsp3) is 0.235. The molecule has 0 unspecified atom stereocenters. The van der Waals surface area contributed by atoms with Crippen LogP contribution < -0.4 is 0 Å². The predicted molar refractivity (Wildman–Crippen MR) is 87.2 cm³/mol. The van der Waals surface area contributed by atoms with E-state index in [1.165, 1.54) is 6.26 Å². The summed E-state index contributed by atoms with van der Waals surface area (Å²) in [4.78, 5) is 14.1. The molecular weight excluding hydrogens is 298 g/mol. The van der Waals surface area contributed by atoms with Gasteiger partial charge in [-0.2, -0.15) is 0 Å². The molecule has 0 spiro atoms. The van der Waals surface area contributed by atoms with Gasteiger partial charge in [-0.25, -0.2) is 8.42 Å². The van der Waals surface area contributed by atoms with E-state index >= 15 is 0 Å². The lowest BCUT2D eigenvalue weighted by molar-refractivity contribution is 0.0785. The number of hydrogen-bond donors (Lipinski definition) is 0. The number of rotatable bonds is 5. The fourth-order valence-corrected chi connectivity index (χ4v) is 3.03. The largest absolute Gasteiger partial charge is 0.337 e. The smallest absolute Gasteiger partial charge is 0.253 e. The summed E-state index contributed by atoms with van der Waals surface area (Å²) in [5.74, 6) is -0.185. The van der Waals surface area contributed by atoms with Crippen LogP contribution in [0.25, 0.3) is 0 Å². The number of amides is 1. The quantitative estimate of drug-likeness (QED) is 0.851. The Labute approximate surface area is 131 Å². The van der Waals surface area contributed by atoms with Crippen LogP contribution in [-0.2, 0) is 22.1 Å². The summed E-state index contributed by atoms with van der Waals surface area (Å²) >= 11 is 0. The lowest BCUT2D eigenvalue weighted by Gasteiger charge is -2.17. The van der Waals surface area contributed by atoms with Crippen LogP contribution in [0.2, 0.25) is 0 Å². The van der Waals surface area contributed by atoms with Gasteiger partial charge in [-0.3, -0.25) is 4.79 Å². The van der Waals surface area contributed by atoms with Crippen molar-refractivity contribution < 1.29 is 13.2 Å². The number of nitrogens with zero attached hydrogens (tertiary/aromatic N) is 1. The van der Waals surface area contributed by atoms with E-state index in [0.717, 1.165) is 5.56 Å². The first-order valence-electron chi connectivity index (χ1n) is 6.91.